The van der Waals surface area contributed by atoms with Gasteiger partial charge in [0.2, 0.25) is 0 Å². The van der Waals surface area contributed by atoms with Crippen molar-refractivity contribution in [1.29, 1.82) is 0 Å². The first-order valence-electron chi connectivity index (χ1n) is 8.47. The SMILES string of the molecule is COc1ccc(F)c(F)c1C(=O)N1CCC(Cc2ccc(F)c(C)c2)C1. The lowest BCUT2D eigenvalue weighted by Gasteiger charge is -2.19. The van der Waals surface area contributed by atoms with E-state index in [2.05, 4.69) is 0 Å². The minimum atomic E-state index is -1.19. The quantitative estimate of drug-likeness (QED) is 0.818. The second kappa shape index (κ2) is 7.40. The fourth-order valence-corrected chi connectivity index (χ4v) is 3.41. The third kappa shape index (κ3) is 3.54. The van der Waals surface area contributed by atoms with Gasteiger partial charge in [-0.05, 0) is 55.0 Å². The zero-order valence-corrected chi connectivity index (χ0v) is 14.7. The Balaban J connectivity index is 1.73. The van der Waals surface area contributed by atoms with E-state index in [1.54, 1.807) is 19.1 Å². The molecule has 1 saturated heterocycles. The maximum atomic E-state index is 14.1. The molecule has 0 aliphatic carbocycles. The van der Waals surface area contributed by atoms with Crippen LogP contribution in [-0.2, 0) is 6.42 Å². The number of methoxy groups -OCH3 is 1. The predicted molar refractivity (Wildman–Crippen MR) is 91.8 cm³/mol. The van der Waals surface area contributed by atoms with Gasteiger partial charge in [-0.2, -0.15) is 0 Å². The van der Waals surface area contributed by atoms with Crippen LogP contribution in [0.2, 0.25) is 0 Å². The summed E-state index contributed by atoms with van der Waals surface area (Å²) in [4.78, 5) is 14.2. The maximum Gasteiger partial charge on any atom is 0.260 e. The van der Waals surface area contributed by atoms with Crippen LogP contribution in [0.25, 0.3) is 0 Å². The number of carbonyl (C=O) groups excluding carboxylic acids is 1. The van der Waals surface area contributed by atoms with Crippen LogP contribution < -0.4 is 4.74 Å². The zero-order chi connectivity index (χ0) is 18.8. The zero-order valence-electron chi connectivity index (χ0n) is 14.7. The molecule has 1 atom stereocenters. The van der Waals surface area contributed by atoms with E-state index in [0.29, 0.717) is 25.1 Å². The van der Waals surface area contributed by atoms with Gasteiger partial charge in [-0.1, -0.05) is 12.1 Å². The van der Waals surface area contributed by atoms with Crippen LogP contribution >= 0.6 is 0 Å². The molecule has 1 aliphatic rings. The number of ether oxygens (including phenoxy) is 1. The topological polar surface area (TPSA) is 29.5 Å². The van der Waals surface area contributed by atoms with Crippen LogP contribution in [0.1, 0.15) is 27.9 Å². The van der Waals surface area contributed by atoms with Crippen LogP contribution in [0.3, 0.4) is 0 Å². The highest BCUT2D eigenvalue weighted by Gasteiger charge is 2.31. The van der Waals surface area contributed by atoms with E-state index in [1.165, 1.54) is 24.1 Å². The average Bonchev–Trinajstić information content (AvgIpc) is 3.08. The molecule has 6 heteroatoms. The van der Waals surface area contributed by atoms with Crippen LogP contribution in [0, 0.1) is 30.3 Å². The summed E-state index contributed by atoms with van der Waals surface area (Å²) >= 11 is 0. The third-order valence-corrected chi connectivity index (χ3v) is 4.81. The van der Waals surface area contributed by atoms with E-state index < -0.39 is 17.5 Å². The van der Waals surface area contributed by atoms with Crippen LogP contribution in [0.4, 0.5) is 13.2 Å². The van der Waals surface area contributed by atoms with Crippen molar-refractivity contribution in [2.75, 3.05) is 20.2 Å². The van der Waals surface area contributed by atoms with E-state index in [-0.39, 0.29) is 23.0 Å². The van der Waals surface area contributed by atoms with Gasteiger partial charge in [0, 0.05) is 13.1 Å². The minimum Gasteiger partial charge on any atom is -0.496 e. The van der Waals surface area contributed by atoms with Crippen molar-refractivity contribution in [2.24, 2.45) is 5.92 Å². The second-order valence-electron chi connectivity index (χ2n) is 6.63. The van der Waals surface area contributed by atoms with E-state index >= 15 is 0 Å². The Hall–Kier alpha value is -2.50. The van der Waals surface area contributed by atoms with Gasteiger partial charge in [0.15, 0.2) is 11.6 Å². The van der Waals surface area contributed by atoms with Gasteiger partial charge in [0.05, 0.1) is 7.11 Å². The fourth-order valence-electron chi connectivity index (χ4n) is 3.41. The number of hydrogen-bond acceptors (Lipinski definition) is 2. The summed E-state index contributed by atoms with van der Waals surface area (Å²) in [5.41, 5.74) is 1.21. The van der Waals surface area contributed by atoms with Crippen molar-refractivity contribution < 1.29 is 22.7 Å². The Labute approximate surface area is 150 Å². The molecule has 3 rings (SSSR count). The maximum absolute atomic E-state index is 14.1. The van der Waals surface area contributed by atoms with Crippen molar-refractivity contribution in [1.82, 2.24) is 4.90 Å². The molecular weight excluding hydrogens is 343 g/mol. The molecule has 3 nitrogen and oxygen atoms in total. The van der Waals surface area contributed by atoms with Crippen molar-refractivity contribution in [3.8, 4) is 5.75 Å². The fraction of sp³-hybridized carbons (Fsp3) is 0.350. The molecule has 138 valence electrons. The molecule has 2 aromatic rings. The lowest BCUT2D eigenvalue weighted by molar-refractivity contribution is 0.0777. The summed E-state index contributed by atoms with van der Waals surface area (Å²) < 4.78 is 46.1. The molecule has 0 bridgehead atoms. The first kappa shape index (κ1) is 18.3. The molecule has 2 aromatic carbocycles. The number of nitrogens with zero attached hydrogens (tertiary/aromatic N) is 1. The number of halogens is 3. The Morgan fingerprint density at radius 1 is 1.19 bits per heavy atom. The Morgan fingerprint density at radius 3 is 2.62 bits per heavy atom. The molecule has 0 N–H and O–H groups in total. The van der Waals surface area contributed by atoms with Crippen LogP contribution in [-0.4, -0.2) is 31.0 Å². The Bertz CT molecular complexity index is 838. The molecule has 1 fully saturated rings. The second-order valence-corrected chi connectivity index (χ2v) is 6.63. The Kier molecular flexibility index (Phi) is 5.20. The molecular formula is C20H20F3NO2. The first-order chi connectivity index (χ1) is 12.4. The summed E-state index contributed by atoms with van der Waals surface area (Å²) in [6, 6.07) is 7.17. The molecule has 0 saturated carbocycles. The highest BCUT2D eigenvalue weighted by Crippen LogP contribution is 2.29. The van der Waals surface area contributed by atoms with Gasteiger partial charge in [-0.3, -0.25) is 4.79 Å². The van der Waals surface area contributed by atoms with Gasteiger partial charge < -0.3 is 9.64 Å². The van der Waals surface area contributed by atoms with E-state index in [4.69, 9.17) is 4.74 Å². The van der Waals surface area contributed by atoms with Gasteiger partial charge in [-0.25, -0.2) is 13.2 Å². The largest absolute Gasteiger partial charge is 0.496 e. The van der Waals surface area contributed by atoms with Gasteiger partial charge >= 0.3 is 0 Å². The molecule has 1 amide bonds. The van der Waals surface area contributed by atoms with Gasteiger partial charge in [0.1, 0.15) is 17.1 Å². The van der Waals surface area contributed by atoms with Crippen molar-refractivity contribution in [3.05, 3.63) is 64.5 Å². The van der Waals surface area contributed by atoms with E-state index in [1.807, 2.05) is 0 Å². The van der Waals surface area contributed by atoms with Crippen molar-refractivity contribution in [3.63, 3.8) is 0 Å². The lowest BCUT2D eigenvalue weighted by atomic mass is 9.97. The standard InChI is InChI=1S/C20H20F3NO2/c1-12-9-13(3-4-15(12)21)10-14-7-8-24(11-14)20(25)18-17(26-2)6-5-16(22)19(18)23/h3-6,9,14H,7-8,10-11H2,1-2H3. The molecule has 1 unspecified atom stereocenters. The average molecular weight is 363 g/mol. The predicted octanol–water partition coefficient (Wildman–Crippen LogP) is 4.13. The smallest absolute Gasteiger partial charge is 0.260 e. The summed E-state index contributed by atoms with van der Waals surface area (Å²) in [7, 11) is 1.31. The molecule has 0 radical (unpaired) electrons. The normalized spacial score (nSPS) is 16.8. The number of carbonyl (C=O) groups is 1. The minimum absolute atomic E-state index is 0.0199. The van der Waals surface area contributed by atoms with Crippen molar-refractivity contribution >= 4 is 5.91 Å². The summed E-state index contributed by atoms with van der Waals surface area (Å²) in [5.74, 6) is -2.88. The number of amides is 1. The van der Waals surface area contributed by atoms with Crippen LogP contribution in [0.15, 0.2) is 30.3 Å². The summed E-state index contributed by atoms with van der Waals surface area (Å²) in [5, 5.41) is 0. The number of aryl methyl sites for hydroxylation is 1. The van der Waals surface area contributed by atoms with Gasteiger partial charge in [0.25, 0.3) is 5.91 Å². The van der Waals surface area contributed by atoms with Gasteiger partial charge in [-0.15, -0.1) is 0 Å². The number of benzene rings is 2. The molecule has 1 aliphatic heterocycles. The van der Waals surface area contributed by atoms with E-state index in [0.717, 1.165) is 18.1 Å². The number of likely N-dealkylation sites (tertiary alicyclic amines) is 1. The lowest BCUT2D eigenvalue weighted by Crippen LogP contribution is -2.30. The van der Waals surface area contributed by atoms with E-state index in [9.17, 15) is 18.0 Å². The third-order valence-electron chi connectivity index (χ3n) is 4.81. The monoisotopic (exact) mass is 363 g/mol. The Morgan fingerprint density at radius 2 is 1.92 bits per heavy atom. The van der Waals surface area contributed by atoms with Crippen molar-refractivity contribution in [2.45, 2.75) is 19.8 Å². The highest BCUT2D eigenvalue weighted by molar-refractivity contribution is 5.97. The molecule has 0 spiro atoms. The molecule has 1 heterocycles. The molecule has 0 aromatic heterocycles. The highest BCUT2D eigenvalue weighted by atomic mass is 19.2. The summed E-state index contributed by atoms with van der Waals surface area (Å²) in [6.45, 7) is 2.61. The molecule has 26 heavy (non-hydrogen) atoms. The number of hydrogen-bond donors (Lipinski definition) is 0. The summed E-state index contributed by atoms with van der Waals surface area (Å²) in [6.07, 6.45) is 1.45. The number of rotatable bonds is 4. The van der Waals surface area contributed by atoms with Crippen LogP contribution in [0.5, 0.6) is 5.75 Å². The first-order valence-corrected chi connectivity index (χ1v) is 8.47.